The molecule has 0 amide bonds. The van der Waals surface area contributed by atoms with Crippen LogP contribution in [0.2, 0.25) is 5.02 Å². The quantitative estimate of drug-likeness (QED) is 0.908. The maximum atomic E-state index is 14.0. The van der Waals surface area contributed by atoms with E-state index in [2.05, 4.69) is 17.3 Å². The zero-order chi connectivity index (χ0) is 13.1. The molecule has 1 aromatic rings. The number of nitrogens with one attached hydrogen (secondary N) is 1. The molecule has 2 nitrogen and oxygen atoms in total. The van der Waals surface area contributed by atoms with E-state index in [9.17, 15) is 4.39 Å². The van der Waals surface area contributed by atoms with Crippen LogP contribution < -0.4 is 5.32 Å². The number of hydrogen-bond acceptors (Lipinski definition) is 2. The number of benzene rings is 1. The molecule has 1 fully saturated rings. The van der Waals surface area contributed by atoms with Crippen molar-refractivity contribution in [3.05, 3.63) is 34.6 Å². The van der Waals surface area contributed by atoms with Gasteiger partial charge in [-0.05, 0) is 64.1 Å². The van der Waals surface area contributed by atoms with Gasteiger partial charge < -0.3 is 5.32 Å². The molecule has 2 rings (SSSR count). The van der Waals surface area contributed by atoms with Gasteiger partial charge in [0.25, 0.3) is 0 Å². The van der Waals surface area contributed by atoms with E-state index in [0.717, 1.165) is 25.1 Å². The first-order chi connectivity index (χ1) is 8.63. The highest BCUT2D eigenvalue weighted by atomic mass is 35.5. The maximum absolute atomic E-state index is 14.0. The van der Waals surface area contributed by atoms with Gasteiger partial charge in [-0.15, -0.1) is 0 Å². The van der Waals surface area contributed by atoms with Gasteiger partial charge in [0.1, 0.15) is 5.82 Å². The second-order valence-electron chi connectivity index (χ2n) is 5.05. The molecule has 100 valence electrons. The Morgan fingerprint density at radius 3 is 3.00 bits per heavy atom. The minimum Gasteiger partial charge on any atom is -0.319 e. The lowest BCUT2D eigenvalue weighted by Crippen LogP contribution is -2.40. The van der Waals surface area contributed by atoms with Crippen LogP contribution in [0.15, 0.2) is 18.2 Å². The Balaban J connectivity index is 2.33. The fourth-order valence-electron chi connectivity index (χ4n) is 2.97. The predicted octanol–water partition coefficient (Wildman–Crippen LogP) is 3.08. The molecule has 1 saturated heterocycles. The van der Waals surface area contributed by atoms with Crippen molar-refractivity contribution in [3.63, 3.8) is 0 Å². The molecule has 4 heteroatoms. The first kappa shape index (κ1) is 13.8. The van der Waals surface area contributed by atoms with E-state index in [4.69, 9.17) is 11.6 Å². The van der Waals surface area contributed by atoms with Crippen LogP contribution in [0.3, 0.4) is 0 Å². The summed E-state index contributed by atoms with van der Waals surface area (Å²) in [5, 5.41) is 3.81. The van der Waals surface area contributed by atoms with Gasteiger partial charge in [-0.25, -0.2) is 4.39 Å². The Kier molecular flexibility index (Phi) is 4.60. The van der Waals surface area contributed by atoms with Crippen LogP contribution in [-0.2, 0) is 0 Å². The fraction of sp³-hybridized carbons (Fsp3) is 0.571. The predicted molar refractivity (Wildman–Crippen MR) is 73.4 cm³/mol. The highest BCUT2D eigenvalue weighted by molar-refractivity contribution is 6.30. The van der Waals surface area contributed by atoms with Gasteiger partial charge in [0.2, 0.25) is 0 Å². The first-order valence-electron chi connectivity index (χ1n) is 6.43. The van der Waals surface area contributed by atoms with E-state index in [1.807, 2.05) is 7.05 Å². The van der Waals surface area contributed by atoms with Gasteiger partial charge in [0.15, 0.2) is 0 Å². The van der Waals surface area contributed by atoms with Crippen molar-refractivity contribution in [1.82, 2.24) is 10.2 Å². The second kappa shape index (κ2) is 6.00. The standard InChI is InChI=1S/C14H20ClFN2/c1-17-9-10-4-3-7-18(2)14(10)12-8-11(15)5-6-13(12)16/h5-6,8,10,14,17H,3-4,7,9H2,1-2H3. The molecule has 0 saturated carbocycles. The molecule has 1 aromatic carbocycles. The average molecular weight is 271 g/mol. The van der Waals surface area contributed by atoms with Crippen molar-refractivity contribution in [1.29, 1.82) is 0 Å². The lowest BCUT2D eigenvalue weighted by Gasteiger charge is -2.39. The van der Waals surface area contributed by atoms with Crippen molar-refractivity contribution in [3.8, 4) is 0 Å². The molecule has 0 spiro atoms. The van der Waals surface area contributed by atoms with Gasteiger partial charge in [0.05, 0.1) is 0 Å². The van der Waals surface area contributed by atoms with Crippen molar-refractivity contribution in [2.45, 2.75) is 18.9 Å². The Hall–Kier alpha value is -0.640. The molecule has 1 aliphatic heterocycles. The first-order valence-corrected chi connectivity index (χ1v) is 6.81. The van der Waals surface area contributed by atoms with Gasteiger partial charge in [-0.2, -0.15) is 0 Å². The number of hydrogen-bond donors (Lipinski definition) is 1. The van der Waals surface area contributed by atoms with Gasteiger partial charge in [-0.1, -0.05) is 11.6 Å². The van der Waals surface area contributed by atoms with Crippen molar-refractivity contribution < 1.29 is 4.39 Å². The molecule has 0 radical (unpaired) electrons. The molecular weight excluding hydrogens is 251 g/mol. The molecule has 1 aliphatic rings. The second-order valence-corrected chi connectivity index (χ2v) is 5.49. The summed E-state index contributed by atoms with van der Waals surface area (Å²) in [6.07, 6.45) is 2.29. The van der Waals surface area contributed by atoms with Gasteiger partial charge >= 0.3 is 0 Å². The Morgan fingerprint density at radius 1 is 1.50 bits per heavy atom. The van der Waals surface area contributed by atoms with Crippen LogP contribution in [0.25, 0.3) is 0 Å². The zero-order valence-corrected chi connectivity index (χ0v) is 11.7. The Bertz CT molecular complexity index is 409. The van der Waals surface area contributed by atoms with Crippen LogP contribution >= 0.6 is 11.6 Å². The van der Waals surface area contributed by atoms with Crippen LogP contribution in [0.4, 0.5) is 4.39 Å². The molecule has 1 heterocycles. The van der Waals surface area contributed by atoms with Crippen molar-refractivity contribution in [2.75, 3.05) is 27.2 Å². The van der Waals surface area contributed by atoms with Gasteiger partial charge in [-0.3, -0.25) is 4.90 Å². The Labute approximate surface area is 113 Å². The normalized spacial score (nSPS) is 25.3. The monoisotopic (exact) mass is 270 g/mol. The number of piperidine rings is 1. The van der Waals surface area contributed by atoms with E-state index < -0.39 is 0 Å². The van der Waals surface area contributed by atoms with Crippen LogP contribution in [0.5, 0.6) is 0 Å². The maximum Gasteiger partial charge on any atom is 0.128 e. The molecule has 0 aliphatic carbocycles. The molecule has 0 aromatic heterocycles. The van der Waals surface area contributed by atoms with Gasteiger partial charge in [0, 0.05) is 16.6 Å². The molecule has 2 unspecified atom stereocenters. The molecule has 1 N–H and O–H groups in total. The zero-order valence-electron chi connectivity index (χ0n) is 10.9. The molecule has 18 heavy (non-hydrogen) atoms. The number of nitrogens with zero attached hydrogens (tertiary/aromatic N) is 1. The summed E-state index contributed by atoms with van der Waals surface area (Å²) in [6, 6.07) is 4.96. The lowest BCUT2D eigenvalue weighted by atomic mass is 9.84. The average Bonchev–Trinajstić information content (AvgIpc) is 2.34. The fourth-order valence-corrected chi connectivity index (χ4v) is 3.15. The molecule has 0 bridgehead atoms. The third-order valence-corrected chi connectivity index (χ3v) is 3.99. The minimum absolute atomic E-state index is 0.116. The smallest absolute Gasteiger partial charge is 0.128 e. The van der Waals surface area contributed by atoms with E-state index in [-0.39, 0.29) is 11.9 Å². The number of likely N-dealkylation sites (tertiary alicyclic amines) is 1. The van der Waals surface area contributed by atoms with Crippen LogP contribution in [0, 0.1) is 11.7 Å². The Morgan fingerprint density at radius 2 is 2.28 bits per heavy atom. The third kappa shape index (κ3) is 2.85. The van der Waals surface area contributed by atoms with E-state index >= 15 is 0 Å². The summed E-state index contributed by atoms with van der Waals surface area (Å²) in [5.41, 5.74) is 0.727. The SMILES string of the molecule is CNCC1CCCN(C)C1c1cc(Cl)ccc1F. The van der Waals surface area contributed by atoms with Crippen molar-refractivity contribution >= 4 is 11.6 Å². The summed E-state index contributed by atoms with van der Waals surface area (Å²) >= 11 is 6.01. The highest BCUT2D eigenvalue weighted by Crippen LogP contribution is 2.36. The van der Waals surface area contributed by atoms with E-state index in [1.165, 1.54) is 12.5 Å². The summed E-state index contributed by atoms with van der Waals surface area (Å²) < 4.78 is 14.0. The summed E-state index contributed by atoms with van der Waals surface area (Å²) in [5.74, 6) is 0.279. The largest absolute Gasteiger partial charge is 0.319 e. The van der Waals surface area contributed by atoms with Crippen LogP contribution in [0.1, 0.15) is 24.4 Å². The minimum atomic E-state index is -0.153. The summed E-state index contributed by atoms with van der Waals surface area (Å²) in [7, 11) is 4.01. The topological polar surface area (TPSA) is 15.3 Å². The lowest BCUT2D eigenvalue weighted by molar-refractivity contribution is 0.118. The molecule has 2 atom stereocenters. The van der Waals surface area contributed by atoms with E-state index in [1.54, 1.807) is 12.1 Å². The summed E-state index contributed by atoms with van der Waals surface area (Å²) in [6.45, 7) is 1.91. The third-order valence-electron chi connectivity index (χ3n) is 3.75. The van der Waals surface area contributed by atoms with Crippen molar-refractivity contribution in [2.24, 2.45) is 5.92 Å². The highest BCUT2D eigenvalue weighted by Gasteiger charge is 2.31. The molecular formula is C14H20ClFN2. The van der Waals surface area contributed by atoms with E-state index in [0.29, 0.717) is 10.9 Å². The summed E-state index contributed by atoms with van der Waals surface area (Å²) in [4.78, 5) is 2.24. The number of rotatable bonds is 3. The van der Waals surface area contributed by atoms with Crippen LogP contribution in [-0.4, -0.2) is 32.1 Å². The number of halogens is 2.